The van der Waals surface area contributed by atoms with Crippen LogP contribution in [0.4, 0.5) is 0 Å². The van der Waals surface area contributed by atoms with Crippen LogP contribution < -0.4 is 5.32 Å². The highest BCUT2D eigenvalue weighted by Crippen LogP contribution is 2.61. The van der Waals surface area contributed by atoms with Gasteiger partial charge in [0.25, 0.3) is 0 Å². The van der Waals surface area contributed by atoms with E-state index in [-0.39, 0.29) is 0 Å². The van der Waals surface area contributed by atoms with Crippen molar-refractivity contribution in [2.75, 3.05) is 19.6 Å². The van der Waals surface area contributed by atoms with Gasteiger partial charge in [-0.25, -0.2) is 0 Å². The summed E-state index contributed by atoms with van der Waals surface area (Å²) in [7, 11) is 0. The number of nitrogens with one attached hydrogen (secondary N) is 1. The highest BCUT2D eigenvalue weighted by atomic mass is 16.2. The Bertz CT molecular complexity index is 384. The van der Waals surface area contributed by atoms with E-state index in [9.17, 15) is 4.79 Å². The molecule has 1 aliphatic heterocycles. The highest BCUT2D eigenvalue weighted by Gasteiger charge is 2.54. The average molecular weight is 290 g/mol. The second-order valence-electron chi connectivity index (χ2n) is 8.33. The van der Waals surface area contributed by atoms with Gasteiger partial charge in [0.1, 0.15) is 0 Å². The van der Waals surface area contributed by atoms with Gasteiger partial charge in [0.2, 0.25) is 5.91 Å². The van der Waals surface area contributed by atoms with Gasteiger partial charge in [0.05, 0.1) is 0 Å². The minimum absolute atomic E-state index is 0.391. The fourth-order valence-electron chi connectivity index (χ4n) is 6.44. The van der Waals surface area contributed by atoms with Crippen molar-refractivity contribution >= 4 is 5.91 Å². The van der Waals surface area contributed by atoms with Crippen LogP contribution in [-0.2, 0) is 4.79 Å². The Hall–Kier alpha value is -0.570. The Kier molecular flexibility index (Phi) is 3.52. The van der Waals surface area contributed by atoms with Crippen molar-refractivity contribution in [1.82, 2.24) is 10.2 Å². The Labute approximate surface area is 128 Å². The molecule has 1 saturated heterocycles. The lowest BCUT2D eigenvalue weighted by atomic mass is 9.47. The van der Waals surface area contributed by atoms with E-state index in [0.717, 1.165) is 50.2 Å². The molecule has 1 unspecified atom stereocenters. The molecular formula is C18H30N2O. The van der Waals surface area contributed by atoms with Crippen molar-refractivity contribution in [2.45, 2.75) is 64.3 Å². The zero-order valence-corrected chi connectivity index (χ0v) is 13.4. The molecular weight excluding hydrogens is 260 g/mol. The maximum Gasteiger partial charge on any atom is 0.222 e. The number of likely N-dealkylation sites (N-methyl/N-ethyl adjacent to an activating group) is 1. The van der Waals surface area contributed by atoms with Crippen LogP contribution in [0, 0.1) is 23.2 Å². The minimum Gasteiger partial charge on any atom is -0.341 e. The van der Waals surface area contributed by atoms with E-state index in [4.69, 9.17) is 0 Å². The lowest BCUT2D eigenvalue weighted by Crippen LogP contribution is -2.59. The van der Waals surface area contributed by atoms with Crippen molar-refractivity contribution < 1.29 is 4.79 Å². The fourth-order valence-corrected chi connectivity index (χ4v) is 6.44. The number of likely N-dealkylation sites (tertiary alicyclic amines) is 1. The third kappa shape index (κ3) is 2.42. The first-order valence-corrected chi connectivity index (χ1v) is 9.19. The monoisotopic (exact) mass is 290 g/mol. The number of carbonyl (C=O) groups is 1. The Morgan fingerprint density at radius 2 is 1.81 bits per heavy atom. The summed E-state index contributed by atoms with van der Waals surface area (Å²) >= 11 is 0. The predicted octanol–water partition coefficient (Wildman–Crippen LogP) is 2.80. The Balaban J connectivity index is 1.54. The molecule has 3 nitrogen and oxygen atoms in total. The molecule has 4 aliphatic carbocycles. The first kappa shape index (κ1) is 14.0. The zero-order chi connectivity index (χ0) is 14.4. The van der Waals surface area contributed by atoms with Crippen molar-refractivity contribution in [3.63, 3.8) is 0 Å². The molecule has 5 fully saturated rings. The summed E-state index contributed by atoms with van der Waals surface area (Å²) in [6.07, 6.45) is 10.6. The average Bonchev–Trinajstić information content (AvgIpc) is 2.82. The molecule has 4 bridgehead atoms. The van der Waals surface area contributed by atoms with E-state index in [1.807, 2.05) is 0 Å². The molecule has 0 spiro atoms. The quantitative estimate of drug-likeness (QED) is 0.844. The van der Waals surface area contributed by atoms with E-state index in [0.29, 0.717) is 17.4 Å². The van der Waals surface area contributed by atoms with Crippen LogP contribution >= 0.6 is 0 Å². The molecule has 1 heterocycles. The van der Waals surface area contributed by atoms with Gasteiger partial charge in [-0.3, -0.25) is 4.79 Å². The Morgan fingerprint density at radius 3 is 2.29 bits per heavy atom. The molecule has 5 rings (SSSR count). The summed E-state index contributed by atoms with van der Waals surface area (Å²) in [5, 5.41) is 3.79. The van der Waals surface area contributed by atoms with Crippen LogP contribution in [-0.4, -0.2) is 36.5 Å². The van der Waals surface area contributed by atoms with Crippen LogP contribution in [0.3, 0.4) is 0 Å². The van der Waals surface area contributed by atoms with Crippen LogP contribution in [0.15, 0.2) is 0 Å². The first-order chi connectivity index (χ1) is 10.2. The maximum absolute atomic E-state index is 12.0. The van der Waals surface area contributed by atoms with Gasteiger partial charge in [0.15, 0.2) is 0 Å². The summed E-state index contributed by atoms with van der Waals surface area (Å²) in [4.78, 5) is 14.2. The molecule has 118 valence electrons. The minimum atomic E-state index is 0.391. The molecule has 0 radical (unpaired) electrons. The zero-order valence-electron chi connectivity index (χ0n) is 13.4. The van der Waals surface area contributed by atoms with Crippen molar-refractivity contribution in [2.24, 2.45) is 23.2 Å². The standard InChI is InChI=1S/C18H30N2O/c1-2-19-16(12-20-5-3-4-17(20)21)18-9-13-6-14(10-18)8-15(7-13)11-18/h13-16,19H,2-12H2,1H3. The van der Waals surface area contributed by atoms with Crippen LogP contribution in [0.1, 0.15) is 58.3 Å². The van der Waals surface area contributed by atoms with E-state index < -0.39 is 0 Å². The SMILES string of the molecule is CCNC(CN1CCCC1=O)C12CC3CC(CC(C3)C1)C2. The molecule has 0 aromatic rings. The van der Waals surface area contributed by atoms with E-state index in [1.54, 1.807) is 0 Å². The van der Waals surface area contributed by atoms with Crippen LogP contribution in [0.25, 0.3) is 0 Å². The lowest BCUT2D eigenvalue weighted by Gasteiger charge is -2.60. The molecule has 1 atom stereocenters. The third-order valence-corrected chi connectivity index (χ3v) is 6.85. The first-order valence-electron chi connectivity index (χ1n) is 9.19. The van der Waals surface area contributed by atoms with Gasteiger partial charge in [-0.2, -0.15) is 0 Å². The highest BCUT2D eigenvalue weighted by molar-refractivity contribution is 5.78. The van der Waals surface area contributed by atoms with Gasteiger partial charge in [-0.05, 0) is 74.7 Å². The molecule has 1 N–H and O–H groups in total. The van der Waals surface area contributed by atoms with Gasteiger partial charge in [-0.1, -0.05) is 6.92 Å². The molecule has 1 amide bonds. The fraction of sp³-hybridized carbons (Fsp3) is 0.944. The summed E-state index contributed by atoms with van der Waals surface area (Å²) in [5.41, 5.74) is 0.508. The van der Waals surface area contributed by atoms with Gasteiger partial charge in [-0.15, -0.1) is 0 Å². The molecule has 0 aromatic heterocycles. The largest absolute Gasteiger partial charge is 0.341 e. The van der Waals surface area contributed by atoms with Gasteiger partial charge in [0, 0.05) is 25.6 Å². The Morgan fingerprint density at radius 1 is 1.19 bits per heavy atom. The summed E-state index contributed by atoms with van der Waals surface area (Å²) in [6, 6.07) is 0.540. The van der Waals surface area contributed by atoms with E-state index in [2.05, 4.69) is 17.1 Å². The summed E-state index contributed by atoms with van der Waals surface area (Å²) in [5.74, 6) is 3.37. The lowest BCUT2D eigenvalue weighted by molar-refractivity contribution is -0.130. The molecule has 4 saturated carbocycles. The van der Waals surface area contributed by atoms with E-state index >= 15 is 0 Å². The molecule has 0 aromatic carbocycles. The smallest absolute Gasteiger partial charge is 0.222 e. The summed E-state index contributed by atoms with van der Waals surface area (Å²) in [6.45, 7) is 5.22. The number of hydrogen-bond acceptors (Lipinski definition) is 2. The normalized spacial score (nSPS) is 42.8. The summed E-state index contributed by atoms with van der Waals surface area (Å²) < 4.78 is 0. The number of nitrogens with zero attached hydrogens (tertiary/aromatic N) is 1. The van der Waals surface area contributed by atoms with Crippen molar-refractivity contribution in [3.8, 4) is 0 Å². The van der Waals surface area contributed by atoms with Crippen LogP contribution in [0.2, 0.25) is 0 Å². The molecule has 21 heavy (non-hydrogen) atoms. The van der Waals surface area contributed by atoms with Crippen LogP contribution in [0.5, 0.6) is 0 Å². The predicted molar refractivity (Wildman–Crippen MR) is 83.9 cm³/mol. The van der Waals surface area contributed by atoms with Gasteiger partial charge < -0.3 is 10.2 Å². The number of amides is 1. The second-order valence-corrected chi connectivity index (χ2v) is 8.33. The second kappa shape index (κ2) is 5.26. The molecule has 5 aliphatic rings. The number of carbonyl (C=O) groups excluding carboxylic acids is 1. The number of rotatable bonds is 5. The third-order valence-electron chi connectivity index (χ3n) is 6.85. The van der Waals surface area contributed by atoms with Crippen molar-refractivity contribution in [3.05, 3.63) is 0 Å². The topological polar surface area (TPSA) is 32.3 Å². The van der Waals surface area contributed by atoms with E-state index in [1.165, 1.54) is 38.5 Å². The maximum atomic E-state index is 12.0. The molecule has 3 heteroatoms. The number of hydrogen-bond donors (Lipinski definition) is 1. The van der Waals surface area contributed by atoms with Gasteiger partial charge >= 0.3 is 0 Å². The van der Waals surface area contributed by atoms with Crippen molar-refractivity contribution in [1.29, 1.82) is 0 Å².